The first-order valence-electron chi connectivity index (χ1n) is 6.59. The Morgan fingerprint density at radius 3 is 2.55 bits per heavy atom. The molecule has 0 radical (unpaired) electrons. The highest BCUT2D eigenvalue weighted by Crippen LogP contribution is 2.19. The Balaban J connectivity index is 0.00000242. The molecule has 0 atom stereocenters. The summed E-state index contributed by atoms with van der Waals surface area (Å²) in [7, 11) is 1.61. The summed E-state index contributed by atoms with van der Waals surface area (Å²) < 4.78 is 6.63. The number of hydrogen-bond donors (Lipinski definition) is 2. The molecule has 0 aliphatic heterocycles. The number of aromatic nitrogens is 2. The minimum absolute atomic E-state index is 0. The predicted octanol–water partition coefficient (Wildman–Crippen LogP) is 2.54. The van der Waals surface area contributed by atoms with Crippen molar-refractivity contribution in [2.75, 3.05) is 7.11 Å². The Hall–Kier alpha value is -2.63. The molecule has 0 saturated heterocycles. The van der Waals surface area contributed by atoms with Gasteiger partial charge in [-0.2, -0.15) is 5.10 Å². The average molecular weight is 303 g/mol. The van der Waals surface area contributed by atoms with Gasteiger partial charge in [0.05, 0.1) is 12.8 Å². The van der Waals surface area contributed by atoms with Gasteiger partial charge in [0.1, 0.15) is 11.2 Å². The molecule has 0 saturated carbocycles. The highest BCUT2D eigenvalue weighted by Gasteiger charge is 2.04. The Kier molecular flexibility index (Phi) is 6.31. The summed E-state index contributed by atoms with van der Waals surface area (Å²) in [4.78, 5) is 10.5. The van der Waals surface area contributed by atoms with Crippen LogP contribution in [-0.4, -0.2) is 28.0 Å². The summed E-state index contributed by atoms with van der Waals surface area (Å²) in [6.07, 6.45) is 0.520. The summed E-state index contributed by atoms with van der Waals surface area (Å²) in [5, 5.41) is 20.9. The number of hydrogen-bond acceptors (Lipinski definition) is 4. The lowest BCUT2D eigenvalue weighted by Crippen LogP contribution is -2.22. The molecule has 1 aromatic carbocycles. The third-order valence-corrected chi connectivity index (χ3v) is 3.05. The van der Waals surface area contributed by atoms with E-state index < -0.39 is 5.97 Å². The molecule has 1 aromatic heterocycles. The number of aliphatic carboxylic acids is 1. The number of rotatable bonds is 6. The molecule has 0 bridgehead atoms. The van der Waals surface area contributed by atoms with Crippen LogP contribution in [0.1, 0.15) is 20.3 Å². The molecule has 0 spiro atoms. The third kappa shape index (κ3) is 4.44. The van der Waals surface area contributed by atoms with Crippen LogP contribution >= 0.6 is 0 Å². The minimum Gasteiger partial charge on any atom is -0.497 e. The van der Waals surface area contributed by atoms with Crippen molar-refractivity contribution in [1.29, 1.82) is 5.41 Å². The second-order valence-electron chi connectivity index (χ2n) is 4.55. The fourth-order valence-corrected chi connectivity index (χ4v) is 1.93. The first-order chi connectivity index (χ1) is 10.1. The van der Waals surface area contributed by atoms with E-state index in [9.17, 15) is 4.79 Å². The van der Waals surface area contributed by atoms with E-state index in [-0.39, 0.29) is 19.3 Å². The van der Waals surface area contributed by atoms with Crippen LogP contribution < -0.4 is 10.2 Å². The summed E-state index contributed by atoms with van der Waals surface area (Å²) in [5.74, 6) is -0.0707. The topological polar surface area (TPSA) is 88.2 Å². The van der Waals surface area contributed by atoms with Crippen LogP contribution in [0.15, 0.2) is 36.4 Å². The van der Waals surface area contributed by atoms with Crippen molar-refractivity contribution in [3.8, 4) is 17.0 Å². The van der Waals surface area contributed by atoms with Gasteiger partial charge < -0.3 is 9.84 Å². The van der Waals surface area contributed by atoms with Crippen molar-refractivity contribution in [2.45, 2.75) is 26.8 Å². The van der Waals surface area contributed by atoms with E-state index in [0.717, 1.165) is 17.0 Å². The number of ether oxygens (including phenoxy) is 1. The monoisotopic (exact) mass is 303 g/mol. The number of nitrogens with zero attached hydrogens (tertiary/aromatic N) is 2. The van der Waals surface area contributed by atoms with Crippen LogP contribution in [0.4, 0.5) is 0 Å². The van der Waals surface area contributed by atoms with Gasteiger partial charge in [0.15, 0.2) is 0 Å². The fourth-order valence-electron chi connectivity index (χ4n) is 1.93. The first-order valence-corrected chi connectivity index (χ1v) is 6.59. The molecule has 0 aliphatic carbocycles. The Morgan fingerprint density at radius 2 is 1.95 bits per heavy atom. The van der Waals surface area contributed by atoms with Crippen LogP contribution in [-0.2, 0) is 11.3 Å². The molecule has 0 amide bonds. The second kappa shape index (κ2) is 7.97. The van der Waals surface area contributed by atoms with Gasteiger partial charge in [-0.05, 0) is 42.8 Å². The SMILES string of the molecule is C.COc1ccc(-c2ccc(=N)n(CCCC(=O)O)n2)cc1. The fraction of sp³-hybridized carbons (Fsp3) is 0.312. The van der Waals surface area contributed by atoms with Crippen molar-refractivity contribution < 1.29 is 14.6 Å². The smallest absolute Gasteiger partial charge is 0.303 e. The maximum absolute atomic E-state index is 10.5. The van der Waals surface area contributed by atoms with Crippen LogP contribution in [0, 0.1) is 5.41 Å². The Bertz CT molecular complexity index is 678. The average Bonchev–Trinajstić information content (AvgIpc) is 2.49. The molecule has 6 nitrogen and oxygen atoms in total. The summed E-state index contributed by atoms with van der Waals surface area (Å²) in [6, 6.07) is 10.9. The second-order valence-corrected chi connectivity index (χ2v) is 4.55. The van der Waals surface area contributed by atoms with Crippen LogP contribution in [0.5, 0.6) is 5.75 Å². The minimum atomic E-state index is -0.839. The number of methoxy groups -OCH3 is 1. The maximum atomic E-state index is 10.5. The van der Waals surface area contributed by atoms with E-state index in [1.165, 1.54) is 4.68 Å². The lowest BCUT2D eigenvalue weighted by molar-refractivity contribution is -0.137. The summed E-state index contributed by atoms with van der Waals surface area (Å²) in [6.45, 7) is 0.412. The number of carboxylic acids is 1. The van der Waals surface area contributed by atoms with E-state index in [0.29, 0.717) is 13.0 Å². The Morgan fingerprint density at radius 1 is 1.27 bits per heavy atom. The molecule has 0 aliphatic rings. The molecular weight excluding hydrogens is 282 g/mol. The zero-order chi connectivity index (χ0) is 15.2. The predicted molar refractivity (Wildman–Crippen MR) is 83.7 cm³/mol. The molecule has 2 N–H and O–H groups in total. The zero-order valence-corrected chi connectivity index (χ0v) is 11.7. The van der Waals surface area contributed by atoms with Crippen molar-refractivity contribution in [2.24, 2.45) is 0 Å². The number of carboxylic acid groups (broad SMARTS) is 1. The van der Waals surface area contributed by atoms with Gasteiger partial charge in [-0.15, -0.1) is 0 Å². The van der Waals surface area contributed by atoms with Gasteiger partial charge in [0.25, 0.3) is 0 Å². The number of carbonyl (C=O) groups is 1. The van der Waals surface area contributed by atoms with Crippen molar-refractivity contribution in [3.63, 3.8) is 0 Å². The zero-order valence-electron chi connectivity index (χ0n) is 11.7. The summed E-state index contributed by atoms with van der Waals surface area (Å²) >= 11 is 0. The lowest BCUT2D eigenvalue weighted by atomic mass is 10.1. The van der Waals surface area contributed by atoms with Crippen LogP contribution in [0.25, 0.3) is 11.3 Å². The number of nitrogens with one attached hydrogen (secondary N) is 1. The highest BCUT2D eigenvalue weighted by atomic mass is 16.5. The molecule has 2 aromatic rings. The largest absolute Gasteiger partial charge is 0.497 e. The van der Waals surface area contributed by atoms with Crippen molar-refractivity contribution in [1.82, 2.24) is 9.78 Å². The molecule has 1 heterocycles. The van der Waals surface area contributed by atoms with Gasteiger partial charge in [-0.3, -0.25) is 10.2 Å². The van der Waals surface area contributed by atoms with Gasteiger partial charge in [-0.1, -0.05) is 7.43 Å². The number of benzene rings is 1. The van der Waals surface area contributed by atoms with Gasteiger partial charge in [-0.25, -0.2) is 4.68 Å². The van der Waals surface area contributed by atoms with Gasteiger partial charge in [0, 0.05) is 18.5 Å². The standard InChI is InChI=1S/C15H17N3O3.CH4/c1-21-12-6-4-11(5-7-12)13-8-9-14(16)18(17-13)10-2-3-15(19)20;/h4-9,16H,2-3,10H2,1H3,(H,19,20);1H4. The van der Waals surface area contributed by atoms with E-state index in [4.69, 9.17) is 15.3 Å². The molecule has 118 valence electrons. The van der Waals surface area contributed by atoms with E-state index in [1.54, 1.807) is 19.2 Å². The van der Waals surface area contributed by atoms with Crippen molar-refractivity contribution in [3.05, 3.63) is 41.9 Å². The lowest BCUT2D eigenvalue weighted by Gasteiger charge is -2.08. The summed E-state index contributed by atoms with van der Waals surface area (Å²) in [5.41, 5.74) is 1.92. The van der Waals surface area contributed by atoms with Crippen molar-refractivity contribution >= 4 is 5.97 Å². The van der Waals surface area contributed by atoms with E-state index >= 15 is 0 Å². The normalized spacial score (nSPS) is 9.86. The molecule has 6 heteroatoms. The van der Waals surface area contributed by atoms with Gasteiger partial charge >= 0.3 is 5.97 Å². The molecular formula is C16H21N3O3. The third-order valence-electron chi connectivity index (χ3n) is 3.05. The van der Waals surface area contributed by atoms with E-state index in [2.05, 4.69) is 5.10 Å². The maximum Gasteiger partial charge on any atom is 0.303 e. The van der Waals surface area contributed by atoms with Gasteiger partial charge in [0.2, 0.25) is 0 Å². The van der Waals surface area contributed by atoms with Crippen LogP contribution in [0.2, 0.25) is 0 Å². The molecule has 22 heavy (non-hydrogen) atoms. The first kappa shape index (κ1) is 17.4. The number of aryl methyl sites for hydroxylation is 1. The highest BCUT2D eigenvalue weighted by molar-refractivity contribution is 5.66. The quantitative estimate of drug-likeness (QED) is 0.858. The van der Waals surface area contributed by atoms with E-state index in [1.807, 2.05) is 24.3 Å². The van der Waals surface area contributed by atoms with Crippen LogP contribution in [0.3, 0.4) is 0 Å². The molecule has 0 fully saturated rings. The Labute approximate surface area is 129 Å². The molecule has 0 unspecified atom stereocenters. The molecule has 2 rings (SSSR count).